The lowest BCUT2D eigenvalue weighted by molar-refractivity contribution is -0.122. The standard InChI is InChI=1S/C14H19FN2O2/c1-3-11-4-6-12(7-5-11)14(19)17-10(2)13(18)16-9-8-15/h4-7,10H,3,8-9H2,1-2H3,(H,16,18)(H,17,19). The van der Waals surface area contributed by atoms with Crippen molar-refractivity contribution in [2.75, 3.05) is 13.2 Å². The maximum absolute atomic E-state index is 11.9. The van der Waals surface area contributed by atoms with Gasteiger partial charge in [0, 0.05) is 12.1 Å². The van der Waals surface area contributed by atoms with Crippen molar-refractivity contribution in [1.82, 2.24) is 10.6 Å². The summed E-state index contributed by atoms with van der Waals surface area (Å²) in [6.45, 7) is 2.94. The van der Waals surface area contributed by atoms with Crippen molar-refractivity contribution in [3.05, 3.63) is 35.4 Å². The molecule has 5 heteroatoms. The summed E-state index contributed by atoms with van der Waals surface area (Å²) in [7, 11) is 0. The largest absolute Gasteiger partial charge is 0.352 e. The number of nitrogens with one attached hydrogen (secondary N) is 2. The number of benzene rings is 1. The molecule has 4 nitrogen and oxygen atoms in total. The second kappa shape index (κ2) is 7.51. The molecular formula is C14H19FN2O2. The van der Waals surface area contributed by atoms with E-state index in [-0.39, 0.29) is 12.5 Å². The number of hydrogen-bond acceptors (Lipinski definition) is 2. The van der Waals surface area contributed by atoms with Gasteiger partial charge in [-0.05, 0) is 31.0 Å². The van der Waals surface area contributed by atoms with E-state index >= 15 is 0 Å². The predicted molar refractivity (Wildman–Crippen MR) is 71.7 cm³/mol. The van der Waals surface area contributed by atoms with E-state index < -0.39 is 18.6 Å². The molecule has 1 atom stereocenters. The highest BCUT2D eigenvalue weighted by Crippen LogP contribution is 2.05. The summed E-state index contributed by atoms with van der Waals surface area (Å²) in [6.07, 6.45) is 0.907. The third-order valence-electron chi connectivity index (χ3n) is 2.76. The summed E-state index contributed by atoms with van der Waals surface area (Å²) in [5.41, 5.74) is 1.65. The minimum absolute atomic E-state index is 0.0375. The van der Waals surface area contributed by atoms with Crippen molar-refractivity contribution in [3.63, 3.8) is 0 Å². The molecule has 0 aromatic heterocycles. The van der Waals surface area contributed by atoms with Crippen LogP contribution in [0, 0.1) is 0 Å². The van der Waals surface area contributed by atoms with Crippen LogP contribution in [0.25, 0.3) is 0 Å². The second-order valence-electron chi connectivity index (χ2n) is 4.23. The van der Waals surface area contributed by atoms with E-state index in [0.29, 0.717) is 5.56 Å². The average molecular weight is 266 g/mol. The van der Waals surface area contributed by atoms with Gasteiger partial charge in [-0.25, -0.2) is 4.39 Å². The molecule has 19 heavy (non-hydrogen) atoms. The Balaban J connectivity index is 2.55. The lowest BCUT2D eigenvalue weighted by Gasteiger charge is -2.13. The molecule has 2 amide bonds. The van der Waals surface area contributed by atoms with Crippen LogP contribution in [0.2, 0.25) is 0 Å². The van der Waals surface area contributed by atoms with Gasteiger partial charge in [0.15, 0.2) is 0 Å². The number of carbonyl (C=O) groups is 2. The fourth-order valence-corrected chi connectivity index (χ4v) is 1.56. The average Bonchev–Trinajstić information content (AvgIpc) is 2.44. The SMILES string of the molecule is CCc1ccc(C(=O)NC(C)C(=O)NCCF)cc1. The van der Waals surface area contributed by atoms with Crippen LogP contribution >= 0.6 is 0 Å². The first-order chi connectivity index (χ1) is 9.08. The number of hydrogen-bond donors (Lipinski definition) is 2. The molecule has 1 aromatic carbocycles. The minimum Gasteiger partial charge on any atom is -0.352 e. The third-order valence-corrected chi connectivity index (χ3v) is 2.76. The lowest BCUT2D eigenvalue weighted by atomic mass is 10.1. The predicted octanol–water partition coefficient (Wildman–Crippen LogP) is 1.45. The van der Waals surface area contributed by atoms with Crippen molar-refractivity contribution in [2.45, 2.75) is 26.3 Å². The number of aryl methyl sites for hydroxylation is 1. The van der Waals surface area contributed by atoms with Gasteiger partial charge in [-0.15, -0.1) is 0 Å². The maximum Gasteiger partial charge on any atom is 0.251 e. The first kappa shape index (κ1) is 15.1. The van der Waals surface area contributed by atoms with Crippen molar-refractivity contribution in [3.8, 4) is 0 Å². The lowest BCUT2D eigenvalue weighted by Crippen LogP contribution is -2.45. The summed E-state index contributed by atoms with van der Waals surface area (Å²) in [5.74, 6) is -0.707. The van der Waals surface area contributed by atoms with Crippen LogP contribution in [-0.4, -0.2) is 31.1 Å². The number of amides is 2. The molecule has 0 fully saturated rings. The van der Waals surface area contributed by atoms with E-state index in [0.717, 1.165) is 12.0 Å². The van der Waals surface area contributed by atoms with Crippen LogP contribution in [-0.2, 0) is 11.2 Å². The first-order valence-electron chi connectivity index (χ1n) is 6.32. The molecular weight excluding hydrogens is 247 g/mol. The summed E-state index contributed by atoms with van der Waals surface area (Å²) in [4.78, 5) is 23.3. The van der Waals surface area contributed by atoms with Crippen LogP contribution in [0.1, 0.15) is 29.8 Å². The molecule has 0 saturated carbocycles. The molecule has 0 bridgehead atoms. The van der Waals surface area contributed by atoms with Crippen LogP contribution < -0.4 is 10.6 Å². The van der Waals surface area contributed by atoms with E-state index in [1.807, 2.05) is 19.1 Å². The Morgan fingerprint density at radius 1 is 1.26 bits per heavy atom. The Morgan fingerprint density at radius 3 is 2.42 bits per heavy atom. The van der Waals surface area contributed by atoms with Crippen molar-refractivity contribution < 1.29 is 14.0 Å². The molecule has 0 spiro atoms. The first-order valence-corrected chi connectivity index (χ1v) is 6.32. The molecule has 0 heterocycles. The Labute approximate surface area is 112 Å². The van der Waals surface area contributed by atoms with Gasteiger partial charge in [-0.2, -0.15) is 0 Å². The molecule has 104 valence electrons. The Bertz CT molecular complexity index is 432. The summed E-state index contributed by atoms with van der Waals surface area (Å²) < 4.78 is 11.9. The second-order valence-corrected chi connectivity index (χ2v) is 4.23. The molecule has 0 aliphatic carbocycles. The zero-order chi connectivity index (χ0) is 14.3. The van der Waals surface area contributed by atoms with Crippen molar-refractivity contribution >= 4 is 11.8 Å². The van der Waals surface area contributed by atoms with Crippen LogP contribution in [0.5, 0.6) is 0 Å². The van der Waals surface area contributed by atoms with E-state index in [2.05, 4.69) is 10.6 Å². The number of rotatable bonds is 6. The van der Waals surface area contributed by atoms with E-state index in [9.17, 15) is 14.0 Å². The molecule has 0 aliphatic heterocycles. The van der Waals surface area contributed by atoms with Crippen molar-refractivity contribution in [2.24, 2.45) is 0 Å². The van der Waals surface area contributed by atoms with Crippen LogP contribution in [0.4, 0.5) is 4.39 Å². The molecule has 0 radical (unpaired) electrons. The number of halogens is 1. The zero-order valence-corrected chi connectivity index (χ0v) is 11.2. The summed E-state index contributed by atoms with van der Waals surface area (Å²) in [6, 6.07) is 6.51. The molecule has 0 saturated heterocycles. The van der Waals surface area contributed by atoms with Gasteiger partial charge in [-0.3, -0.25) is 9.59 Å². The molecule has 1 rings (SSSR count). The topological polar surface area (TPSA) is 58.2 Å². The Morgan fingerprint density at radius 2 is 1.89 bits per heavy atom. The number of carbonyl (C=O) groups excluding carboxylic acids is 2. The van der Waals surface area contributed by atoms with Gasteiger partial charge >= 0.3 is 0 Å². The smallest absolute Gasteiger partial charge is 0.251 e. The Hall–Kier alpha value is -1.91. The third kappa shape index (κ3) is 4.69. The normalized spacial score (nSPS) is 11.7. The monoisotopic (exact) mass is 266 g/mol. The minimum atomic E-state index is -0.690. The highest BCUT2D eigenvalue weighted by molar-refractivity contribution is 5.97. The van der Waals surface area contributed by atoms with Crippen LogP contribution in [0.15, 0.2) is 24.3 Å². The van der Waals surface area contributed by atoms with Gasteiger partial charge in [0.2, 0.25) is 5.91 Å². The summed E-state index contributed by atoms with van der Waals surface area (Å²) >= 11 is 0. The van der Waals surface area contributed by atoms with Gasteiger partial charge in [0.25, 0.3) is 5.91 Å². The van der Waals surface area contributed by atoms with E-state index in [4.69, 9.17) is 0 Å². The highest BCUT2D eigenvalue weighted by Gasteiger charge is 2.15. The highest BCUT2D eigenvalue weighted by atomic mass is 19.1. The van der Waals surface area contributed by atoms with Gasteiger partial charge in [-0.1, -0.05) is 19.1 Å². The van der Waals surface area contributed by atoms with Crippen LogP contribution in [0.3, 0.4) is 0 Å². The van der Waals surface area contributed by atoms with E-state index in [1.54, 1.807) is 19.1 Å². The fourth-order valence-electron chi connectivity index (χ4n) is 1.56. The fraction of sp³-hybridized carbons (Fsp3) is 0.429. The quantitative estimate of drug-likeness (QED) is 0.819. The zero-order valence-electron chi connectivity index (χ0n) is 11.2. The molecule has 1 aromatic rings. The van der Waals surface area contributed by atoms with Gasteiger partial charge in [0.1, 0.15) is 12.7 Å². The number of alkyl halides is 1. The molecule has 2 N–H and O–H groups in total. The molecule has 1 unspecified atom stereocenters. The molecule has 0 aliphatic rings. The van der Waals surface area contributed by atoms with E-state index in [1.165, 1.54) is 0 Å². The maximum atomic E-state index is 11.9. The van der Waals surface area contributed by atoms with Crippen molar-refractivity contribution in [1.29, 1.82) is 0 Å². The summed E-state index contributed by atoms with van der Waals surface area (Å²) in [5, 5.41) is 4.95. The van der Waals surface area contributed by atoms with Gasteiger partial charge in [0.05, 0.1) is 0 Å². The van der Waals surface area contributed by atoms with Gasteiger partial charge < -0.3 is 10.6 Å². The Kier molecular flexibility index (Phi) is 5.99.